The van der Waals surface area contributed by atoms with Gasteiger partial charge in [-0.1, -0.05) is 30.3 Å². The van der Waals surface area contributed by atoms with E-state index < -0.39 is 9.84 Å². The van der Waals surface area contributed by atoms with E-state index in [1.807, 2.05) is 24.3 Å². The second kappa shape index (κ2) is 7.23. The van der Waals surface area contributed by atoms with Crippen LogP contribution in [0.15, 0.2) is 59.5 Å². The molecule has 0 aliphatic carbocycles. The first-order chi connectivity index (χ1) is 11.6. The number of benzene rings is 2. The summed E-state index contributed by atoms with van der Waals surface area (Å²) >= 11 is 0. The Morgan fingerprint density at radius 3 is 2.17 bits per heavy atom. The van der Waals surface area contributed by atoms with E-state index in [2.05, 4.69) is 9.80 Å². The van der Waals surface area contributed by atoms with Gasteiger partial charge in [-0.05, 0) is 24.3 Å². The van der Waals surface area contributed by atoms with Crippen molar-refractivity contribution in [3.63, 3.8) is 0 Å². The average Bonchev–Trinajstić information content (AvgIpc) is 2.62. The molecule has 0 saturated carbocycles. The van der Waals surface area contributed by atoms with Crippen LogP contribution in [0, 0.1) is 0 Å². The lowest BCUT2D eigenvalue weighted by Crippen LogP contribution is -2.47. The van der Waals surface area contributed by atoms with E-state index in [0.29, 0.717) is 11.4 Å². The summed E-state index contributed by atoms with van der Waals surface area (Å²) in [5.74, 6) is 0.422. The Labute approximate surface area is 143 Å². The molecule has 0 unspecified atom stereocenters. The molecular formula is C18H22N2O3S. The van der Waals surface area contributed by atoms with Gasteiger partial charge in [-0.15, -0.1) is 0 Å². The first-order valence-corrected chi connectivity index (χ1v) is 9.74. The van der Waals surface area contributed by atoms with E-state index in [1.54, 1.807) is 30.3 Å². The van der Waals surface area contributed by atoms with Crippen molar-refractivity contribution < 1.29 is 13.5 Å². The molecule has 1 fully saturated rings. The van der Waals surface area contributed by atoms with Gasteiger partial charge in [-0.25, -0.2) is 8.42 Å². The molecule has 3 rings (SSSR count). The third kappa shape index (κ3) is 3.88. The molecular weight excluding hydrogens is 324 g/mol. The van der Waals surface area contributed by atoms with Crippen LogP contribution in [0.1, 0.15) is 0 Å². The van der Waals surface area contributed by atoms with Gasteiger partial charge in [0, 0.05) is 32.7 Å². The first-order valence-electron chi connectivity index (χ1n) is 8.09. The number of hydrogen-bond acceptors (Lipinski definition) is 5. The molecule has 5 nitrogen and oxygen atoms in total. The first kappa shape index (κ1) is 16.8. The van der Waals surface area contributed by atoms with Gasteiger partial charge < -0.3 is 10.0 Å². The van der Waals surface area contributed by atoms with Crippen LogP contribution in [0.3, 0.4) is 0 Å². The summed E-state index contributed by atoms with van der Waals surface area (Å²) in [6, 6.07) is 15.9. The molecule has 0 atom stereocenters. The summed E-state index contributed by atoms with van der Waals surface area (Å²) in [5, 5.41) is 9.93. The molecule has 1 aliphatic heterocycles. The lowest BCUT2D eigenvalue weighted by Gasteiger charge is -2.36. The molecule has 0 aromatic heterocycles. The Morgan fingerprint density at radius 2 is 1.50 bits per heavy atom. The number of sulfone groups is 1. The van der Waals surface area contributed by atoms with Crippen molar-refractivity contribution in [1.82, 2.24) is 4.90 Å². The highest BCUT2D eigenvalue weighted by atomic mass is 32.2. The van der Waals surface area contributed by atoms with Crippen molar-refractivity contribution in [2.24, 2.45) is 0 Å². The summed E-state index contributed by atoms with van der Waals surface area (Å²) in [7, 11) is -3.23. The zero-order valence-corrected chi connectivity index (χ0v) is 14.3. The normalized spacial score (nSPS) is 16.2. The third-order valence-electron chi connectivity index (χ3n) is 4.37. The second-order valence-corrected chi connectivity index (χ2v) is 8.06. The maximum atomic E-state index is 12.3. The molecule has 0 bridgehead atoms. The molecule has 1 saturated heterocycles. The highest BCUT2D eigenvalue weighted by Gasteiger charge is 2.21. The van der Waals surface area contributed by atoms with Crippen LogP contribution in [0.25, 0.3) is 0 Å². The quantitative estimate of drug-likeness (QED) is 0.897. The smallest absolute Gasteiger partial charge is 0.179 e. The van der Waals surface area contributed by atoms with E-state index >= 15 is 0 Å². The number of nitrogens with zero attached hydrogens (tertiary/aromatic N) is 2. The maximum absolute atomic E-state index is 12.3. The number of phenols is 1. The SMILES string of the molecule is O=S(=O)(CCN1CCN(c2ccccc2O)CC1)c1ccccc1. The van der Waals surface area contributed by atoms with Crippen LogP contribution in [0.5, 0.6) is 5.75 Å². The highest BCUT2D eigenvalue weighted by Crippen LogP contribution is 2.27. The van der Waals surface area contributed by atoms with E-state index in [9.17, 15) is 13.5 Å². The molecule has 6 heteroatoms. The molecule has 1 aliphatic rings. The van der Waals surface area contributed by atoms with Crippen molar-refractivity contribution >= 4 is 15.5 Å². The Balaban J connectivity index is 1.54. The fourth-order valence-electron chi connectivity index (χ4n) is 2.94. The molecule has 2 aromatic rings. The number of hydrogen-bond donors (Lipinski definition) is 1. The van der Waals surface area contributed by atoms with Crippen LogP contribution >= 0.6 is 0 Å². The Morgan fingerprint density at radius 1 is 0.875 bits per heavy atom. The van der Waals surface area contributed by atoms with Crippen molar-refractivity contribution in [3.05, 3.63) is 54.6 Å². The van der Waals surface area contributed by atoms with E-state index in [1.165, 1.54) is 0 Å². The minimum atomic E-state index is -3.23. The monoisotopic (exact) mass is 346 g/mol. The van der Waals surface area contributed by atoms with Crippen LogP contribution in [0.2, 0.25) is 0 Å². The van der Waals surface area contributed by atoms with Crippen molar-refractivity contribution in [2.75, 3.05) is 43.4 Å². The third-order valence-corrected chi connectivity index (χ3v) is 6.08. The van der Waals surface area contributed by atoms with Crippen LogP contribution < -0.4 is 4.90 Å². The maximum Gasteiger partial charge on any atom is 0.179 e. The topological polar surface area (TPSA) is 60.9 Å². The number of piperazine rings is 1. The fraction of sp³-hybridized carbons (Fsp3) is 0.333. The number of anilines is 1. The van der Waals surface area contributed by atoms with Gasteiger partial charge in [-0.3, -0.25) is 4.90 Å². The average molecular weight is 346 g/mol. The number of phenolic OH excluding ortho intramolecular Hbond substituents is 1. The summed E-state index contributed by atoms with van der Waals surface area (Å²) in [6.07, 6.45) is 0. The molecule has 2 aromatic carbocycles. The van der Waals surface area contributed by atoms with Gasteiger partial charge in [0.1, 0.15) is 5.75 Å². The minimum Gasteiger partial charge on any atom is -0.506 e. The number of aromatic hydroxyl groups is 1. The van der Waals surface area contributed by atoms with Gasteiger partial charge in [0.05, 0.1) is 16.3 Å². The van der Waals surface area contributed by atoms with E-state index in [4.69, 9.17) is 0 Å². The van der Waals surface area contributed by atoms with Crippen LogP contribution in [-0.4, -0.2) is 56.9 Å². The highest BCUT2D eigenvalue weighted by molar-refractivity contribution is 7.91. The molecule has 24 heavy (non-hydrogen) atoms. The van der Waals surface area contributed by atoms with Gasteiger partial charge >= 0.3 is 0 Å². The van der Waals surface area contributed by atoms with Gasteiger partial charge in [0.2, 0.25) is 0 Å². The second-order valence-electron chi connectivity index (χ2n) is 5.95. The predicted molar refractivity (Wildman–Crippen MR) is 95.3 cm³/mol. The lowest BCUT2D eigenvalue weighted by molar-refractivity contribution is 0.271. The lowest BCUT2D eigenvalue weighted by atomic mass is 10.2. The summed E-state index contributed by atoms with van der Waals surface area (Å²) in [4.78, 5) is 4.69. The van der Waals surface area contributed by atoms with Crippen molar-refractivity contribution in [3.8, 4) is 5.75 Å². The summed E-state index contributed by atoms with van der Waals surface area (Å²) in [5.41, 5.74) is 0.842. The summed E-state index contributed by atoms with van der Waals surface area (Å²) in [6.45, 7) is 3.68. The van der Waals surface area contributed by atoms with Gasteiger partial charge in [0.25, 0.3) is 0 Å². The fourth-order valence-corrected chi connectivity index (χ4v) is 4.24. The molecule has 1 heterocycles. The van der Waals surface area contributed by atoms with Crippen molar-refractivity contribution in [1.29, 1.82) is 0 Å². The Bertz CT molecular complexity index is 770. The van der Waals surface area contributed by atoms with E-state index in [0.717, 1.165) is 31.9 Å². The largest absolute Gasteiger partial charge is 0.506 e. The van der Waals surface area contributed by atoms with Gasteiger partial charge in [0.15, 0.2) is 9.84 Å². The Hall–Kier alpha value is -2.05. The molecule has 128 valence electrons. The molecule has 0 amide bonds. The van der Waals surface area contributed by atoms with Crippen LogP contribution in [0.4, 0.5) is 5.69 Å². The molecule has 0 radical (unpaired) electrons. The summed E-state index contributed by atoms with van der Waals surface area (Å²) < 4.78 is 24.7. The van der Waals surface area contributed by atoms with Crippen molar-refractivity contribution in [2.45, 2.75) is 4.90 Å². The van der Waals surface area contributed by atoms with Gasteiger partial charge in [-0.2, -0.15) is 0 Å². The number of rotatable bonds is 5. The zero-order chi connectivity index (χ0) is 17.0. The zero-order valence-electron chi connectivity index (χ0n) is 13.5. The molecule has 0 spiro atoms. The predicted octanol–water partition coefficient (Wildman–Crippen LogP) is 1.99. The Kier molecular flexibility index (Phi) is 5.06. The standard InChI is InChI=1S/C18H22N2O3S/c21-18-9-5-4-8-17(18)20-12-10-19(11-13-20)14-15-24(22,23)16-6-2-1-3-7-16/h1-9,21H,10-15H2. The minimum absolute atomic E-state index is 0.133. The van der Waals surface area contributed by atoms with E-state index in [-0.39, 0.29) is 11.5 Å². The molecule has 1 N–H and O–H groups in total. The number of para-hydroxylation sites is 2. The van der Waals surface area contributed by atoms with Crippen LogP contribution in [-0.2, 0) is 9.84 Å².